The summed E-state index contributed by atoms with van der Waals surface area (Å²) in [5.41, 5.74) is 1.99. The fourth-order valence-electron chi connectivity index (χ4n) is 10.0. The van der Waals surface area contributed by atoms with Crippen molar-refractivity contribution in [2.75, 3.05) is 0 Å². The molecule has 0 radical (unpaired) electrons. The molecule has 11 atom stereocenters. The number of carbonyl (C=O) groups is 1. The summed E-state index contributed by atoms with van der Waals surface area (Å²) in [6, 6.07) is 0. The smallest absolute Gasteiger partial charge is 0.331 e. The third-order valence-corrected chi connectivity index (χ3v) is 12.7. The Balaban J connectivity index is 1.84. The van der Waals surface area contributed by atoms with Crippen LogP contribution >= 0.6 is 11.6 Å². The van der Waals surface area contributed by atoms with Gasteiger partial charge in [-0.1, -0.05) is 52.8 Å². The zero-order valence-electron chi connectivity index (χ0n) is 24.9. The van der Waals surface area contributed by atoms with E-state index in [-0.39, 0.29) is 39.6 Å². The van der Waals surface area contributed by atoms with E-state index in [9.17, 15) is 15.0 Å². The molecule has 4 saturated carbocycles. The molecular formula is C33H51ClO4. The highest BCUT2D eigenvalue weighted by molar-refractivity contribution is 6.21. The summed E-state index contributed by atoms with van der Waals surface area (Å²) in [5, 5.41) is 22.5. The Labute approximate surface area is 235 Å². The summed E-state index contributed by atoms with van der Waals surface area (Å²) < 4.78 is 6.34. The third-order valence-electron chi connectivity index (χ3n) is 12.1. The van der Waals surface area contributed by atoms with Crippen LogP contribution in [0.4, 0.5) is 0 Å². The number of ether oxygens (including phenoxy) is 1. The number of alkyl halides is 1. The normalized spacial score (nSPS) is 47.3. The van der Waals surface area contributed by atoms with Crippen LogP contribution in [0.5, 0.6) is 0 Å². The average Bonchev–Trinajstić information content (AvgIpc) is 3.06. The van der Waals surface area contributed by atoms with Gasteiger partial charge in [-0.2, -0.15) is 0 Å². The van der Waals surface area contributed by atoms with Gasteiger partial charge in [-0.3, -0.25) is 0 Å². The molecule has 4 rings (SSSR count). The number of carboxylic acids is 1. The van der Waals surface area contributed by atoms with Crippen molar-refractivity contribution in [3.05, 3.63) is 35.1 Å². The van der Waals surface area contributed by atoms with Crippen molar-refractivity contribution in [3.63, 3.8) is 0 Å². The van der Waals surface area contributed by atoms with E-state index in [1.165, 1.54) is 5.57 Å². The molecule has 0 saturated heterocycles. The summed E-state index contributed by atoms with van der Waals surface area (Å²) in [6.45, 7) is 21.8. The van der Waals surface area contributed by atoms with E-state index >= 15 is 0 Å². The van der Waals surface area contributed by atoms with Gasteiger partial charge >= 0.3 is 5.97 Å². The Morgan fingerprint density at radius 2 is 1.82 bits per heavy atom. The zero-order valence-corrected chi connectivity index (χ0v) is 25.7. The van der Waals surface area contributed by atoms with E-state index in [1.54, 1.807) is 0 Å². The first-order valence-corrected chi connectivity index (χ1v) is 15.3. The number of fused-ring (bicyclic) bond motifs is 5. The fraction of sp³-hybridized carbons (Fsp3) is 0.788. The number of hydrogen-bond acceptors (Lipinski definition) is 3. The van der Waals surface area contributed by atoms with Crippen LogP contribution in [0, 0.1) is 45.8 Å². The van der Waals surface area contributed by atoms with Gasteiger partial charge in [-0.25, -0.2) is 4.79 Å². The first-order valence-electron chi connectivity index (χ1n) is 14.8. The lowest BCUT2D eigenvalue weighted by Crippen LogP contribution is -2.67. The van der Waals surface area contributed by atoms with Crippen molar-refractivity contribution >= 4 is 17.6 Å². The molecule has 4 fully saturated rings. The Bertz CT molecular complexity index is 1030. The Morgan fingerprint density at radius 3 is 2.39 bits per heavy atom. The average molecular weight is 547 g/mol. The molecular weight excluding hydrogens is 496 g/mol. The van der Waals surface area contributed by atoms with Crippen molar-refractivity contribution in [1.82, 2.24) is 0 Å². The molecule has 2 N–H and O–H groups in total. The molecule has 214 valence electrons. The van der Waals surface area contributed by atoms with Crippen LogP contribution < -0.4 is 0 Å². The van der Waals surface area contributed by atoms with Gasteiger partial charge < -0.3 is 14.9 Å². The Hall–Kier alpha value is -1.26. The van der Waals surface area contributed by atoms with E-state index in [1.807, 2.05) is 20.8 Å². The highest BCUT2D eigenvalue weighted by Crippen LogP contribution is 2.75. The van der Waals surface area contributed by atoms with Gasteiger partial charge in [0.2, 0.25) is 0 Å². The standard InChI is InChI=1S/C33H51ClO4/c1-18(2)11-10-12-22(30(36)37)28-24-16-25(35)29-31(7,32(24,8)17-26(28)38-19(3)4)14-13-23-21(6)20(5)15-27(34)33(23,29)9/h11,20-21,23-27,29,35H,3,10,12-17H2,1-2,4-9H3,(H,36,37)/b28-22-/t20-,21+,23+,24+,25-,26?,27?,29+,31+,32+,33-/m1/s1. The summed E-state index contributed by atoms with van der Waals surface area (Å²) in [7, 11) is 0. The number of allylic oxidation sites excluding steroid dienone is 3. The molecule has 0 aromatic rings. The van der Waals surface area contributed by atoms with Crippen molar-refractivity contribution < 1.29 is 19.7 Å². The zero-order chi connectivity index (χ0) is 28.4. The van der Waals surface area contributed by atoms with Gasteiger partial charge in [0.15, 0.2) is 0 Å². The molecule has 2 unspecified atom stereocenters. The summed E-state index contributed by atoms with van der Waals surface area (Å²) >= 11 is 7.29. The molecule has 0 heterocycles. The van der Waals surface area contributed by atoms with Crippen LogP contribution in [0.25, 0.3) is 0 Å². The maximum Gasteiger partial charge on any atom is 0.331 e. The van der Waals surface area contributed by atoms with Gasteiger partial charge in [-0.15, -0.1) is 11.6 Å². The Kier molecular flexibility index (Phi) is 8.05. The van der Waals surface area contributed by atoms with Crippen LogP contribution in [0.1, 0.15) is 100 Å². The van der Waals surface area contributed by atoms with Gasteiger partial charge in [0.25, 0.3) is 0 Å². The number of carboxylic acid groups (broad SMARTS) is 1. The second-order valence-corrected chi connectivity index (χ2v) is 14.8. The van der Waals surface area contributed by atoms with Crippen LogP contribution in [0.15, 0.2) is 35.1 Å². The number of aliphatic hydroxyl groups is 1. The van der Waals surface area contributed by atoms with E-state index in [0.29, 0.717) is 48.3 Å². The van der Waals surface area contributed by atoms with Crippen molar-refractivity contribution in [3.8, 4) is 0 Å². The lowest BCUT2D eigenvalue weighted by Gasteiger charge is -2.70. The molecule has 4 aliphatic rings. The molecule has 4 aliphatic carbocycles. The van der Waals surface area contributed by atoms with Crippen molar-refractivity contribution in [2.45, 2.75) is 118 Å². The fourth-order valence-corrected chi connectivity index (χ4v) is 10.6. The maximum atomic E-state index is 12.7. The molecule has 38 heavy (non-hydrogen) atoms. The number of aliphatic carboxylic acids is 1. The van der Waals surface area contributed by atoms with Gasteiger partial charge in [0.05, 0.1) is 11.9 Å². The quantitative estimate of drug-likeness (QED) is 0.153. The topological polar surface area (TPSA) is 66.8 Å². The lowest BCUT2D eigenvalue weighted by atomic mass is 9.36. The highest BCUT2D eigenvalue weighted by atomic mass is 35.5. The first kappa shape index (κ1) is 29.7. The van der Waals surface area contributed by atoms with Crippen LogP contribution in [-0.4, -0.2) is 33.8 Å². The first-order chi connectivity index (χ1) is 17.6. The van der Waals surface area contributed by atoms with E-state index < -0.39 is 12.1 Å². The molecule has 0 amide bonds. The number of aliphatic hydroxyl groups excluding tert-OH is 1. The molecule has 0 aromatic carbocycles. The lowest BCUT2D eigenvalue weighted by molar-refractivity contribution is -0.227. The highest BCUT2D eigenvalue weighted by Gasteiger charge is 2.72. The minimum atomic E-state index is -0.866. The summed E-state index contributed by atoms with van der Waals surface area (Å²) in [4.78, 5) is 12.7. The van der Waals surface area contributed by atoms with Crippen molar-refractivity contribution in [1.29, 1.82) is 0 Å². The summed E-state index contributed by atoms with van der Waals surface area (Å²) in [5.74, 6) is 1.40. The predicted octanol–water partition coefficient (Wildman–Crippen LogP) is 8.15. The van der Waals surface area contributed by atoms with E-state index in [2.05, 4.69) is 47.3 Å². The minimum Gasteiger partial charge on any atom is -0.491 e. The third kappa shape index (κ3) is 4.41. The predicted molar refractivity (Wildman–Crippen MR) is 155 cm³/mol. The molecule has 5 heteroatoms. The van der Waals surface area contributed by atoms with Gasteiger partial charge in [-0.05, 0) is 117 Å². The second kappa shape index (κ2) is 10.3. The van der Waals surface area contributed by atoms with E-state index in [4.69, 9.17) is 16.3 Å². The summed E-state index contributed by atoms with van der Waals surface area (Å²) in [6.07, 6.45) is 6.82. The van der Waals surface area contributed by atoms with Crippen LogP contribution in [-0.2, 0) is 9.53 Å². The molecule has 0 spiro atoms. The number of hydrogen-bond donors (Lipinski definition) is 2. The molecule has 4 nitrogen and oxygen atoms in total. The number of halogens is 1. The van der Waals surface area contributed by atoms with Gasteiger partial charge in [0, 0.05) is 11.0 Å². The van der Waals surface area contributed by atoms with Gasteiger partial charge in [0.1, 0.15) is 6.10 Å². The maximum absolute atomic E-state index is 12.7. The SMILES string of the molecule is C=C(C)OC1C[C@@]2(C)[C@@H](C[C@@H](O)[C@@H]3[C@@]4(C)C(Cl)C[C@@H](C)[C@H](C)[C@@H]4CC[C@@]32C)/C1=C(\CCC=C(C)C)C(=O)O. The van der Waals surface area contributed by atoms with Crippen LogP contribution in [0.2, 0.25) is 0 Å². The number of rotatable bonds is 6. The molecule has 0 bridgehead atoms. The molecule has 0 aromatic heterocycles. The minimum absolute atomic E-state index is 0.0238. The Morgan fingerprint density at radius 1 is 1.16 bits per heavy atom. The largest absolute Gasteiger partial charge is 0.491 e. The monoisotopic (exact) mass is 546 g/mol. The van der Waals surface area contributed by atoms with Crippen molar-refractivity contribution in [2.24, 2.45) is 45.8 Å². The van der Waals surface area contributed by atoms with E-state index in [0.717, 1.165) is 31.3 Å². The molecule has 0 aliphatic heterocycles. The second-order valence-electron chi connectivity index (χ2n) is 14.3. The van der Waals surface area contributed by atoms with Crippen LogP contribution in [0.3, 0.4) is 0 Å².